The standard InChI is InChI=1S/C15H18N2O4S/c1-9(18)16-13-5-4-11(21-3)6-14(13)17-8-12(7-15(17)20)22-10(2)19/h4-6,12H,7-8H2,1-3H3,(H,16,18). The molecular formula is C15H18N2O4S. The Kier molecular flexibility index (Phi) is 5.07. The summed E-state index contributed by atoms with van der Waals surface area (Å²) in [7, 11) is 1.54. The Morgan fingerprint density at radius 3 is 2.68 bits per heavy atom. The van der Waals surface area contributed by atoms with Crippen molar-refractivity contribution >= 4 is 40.1 Å². The van der Waals surface area contributed by atoms with E-state index in [1.54, 1.807) is 23.1 Å². The number of benzene rings is 1. The molecule has 0 saturated carbocycles. The molecule has 1 atom stereocenters. The fourth-order valence-corrected chi connectivity index (χ4v) is 3.30. The van der Waals surface area contributed by atoms with Gasteiger partial charge in [0.05, 0.1) is 18.5 Å². The molecule has 0 spiro atoms. The molecule has 1 heterocycles. The van der Waals surface area contributed by atoms with E-state index >= 15 is 0 Å². The zero-order valence-corrected chi connectivity index (χ0v) is 13.5. The maximum absolute atomic E-state index is 12.3. The number of ether oxygens (including phenoxy) is 1. The van der Waals surface area contributed by atoms with Crippen LogP contribution in [0.4, 0.5) is 11.4 Å². The predicted molar refractivity (Wildman–Crippen MR) is 86.3 cm³/mol. The lowest BCUT2D eigenvalue weighted by Crippen LogP contribution is -2.26. The van der Waals surface area contributed by atoms with Crippen LogP contribution < -0.4 is 15.0 Å². The van der Waals surface area contributed by atoms with Gasteiger partial charge in [-0.25, -0.2) is 0 Å². The molecular weight excluding hydrogens is 304 g/mol. The molecule has 6 nitrogen and oxygen atoms in total. The molecule has 0 bridgehead atoms. The summed E-state index contributed by atoms with van der Waals surface area (Å²) in [4.78, 5) is 36.4. The minimum absolute atomic E-state index is 0.00706. The fraction of sp³-hybridized carbons (Fsp3) is 0.400. The van der Waals surface area contributed by atoms with Crippen LogP contribution in [0, 0.1) is 0 Å². The molecule has 22 heavy (non-hydrogen) atoms. The van der Waals surface area contributed by atoms with Crippen LogP contribution in [0.25, 0.3) is 0 Å². The average molecular weight is 322 g/mol. The molecule has 1 aromatic rings. The summed E-state index contributed by atoms with van der Waals surface area (Å²) >= 11 is 1.17. The Hall–Kier alpha value is -2.02. The molecule has 7 heteroatoms. The van der Waals surface area contributed by atoms with Crippen LogP contribution in [0.3, 0.4) is 0 Å². The van der Waals surface area contributed by atoms with Crippen molar-refractivity contribution in [2.45, 2.75) is 25.5 Å². The molecule has 118 valence electrons. The zero-order chi connectivity index (χ0) is 16.3. The molecule has 1 saturated heterocycles. The van der Waals surface area contributed by atoms with Crippen molar-refractivity contribution < 1.29 is 19.1 Å². The third-order valence-corrected chi connectivity index (χ3v) is 4.21. The smallest absolute Gasteiger partial charge is 0.228 e. The maximum atomic E-state index is 12.3. The number of carbonyl (C=O) groups excluding carboxylic acids is 3. The van der Waals surface area contributed by atoms with E-state index in [4.69, 9.17) is 4.74 Å². The summed E-state index contributed by atoms with van der Waals surface area (Å²) in [5.41, 5.74) is 1.14. The number of rotatable bonds is 4. The van der Waals surface area contributed by atoms with Gasteiger partial charge in [0, 0.05) is 38.1 Å². The highest BCUT2D eigenvalue weighted by Gasteiger charge is 2.33. The van der Waals surface area contributed by atoms with E-state index < -0.39 is 0 Å². The third kappa shape index (κ3) is 3.79. The SMILES string of the molecule is COc1ccc(NC(C)=O)c(N2CC(SC(C)=O)CC2=O)c1. The third-order valence-electron chi connectivity index (χ3n) is 3.23. The van der Waals surface area contributed by atoms with Crippen LogP contribution in [-0.4, -0.2) is 35.8 Å². The number of hydrogen-bond acceptors (Lipinski definition) is 5. The number of carbonyl (C=O) groups is 3. The highest BCUT2D eigenvalue weighted by Crippen LogP contribution is 2.35. The van der Waals surface area contributed by atoms with Crippen LogP contribution in [0.2, 0.25) is 0 Å². The van der Waals surface area contributed by atoms with E-state index in [0.717, 1.165) is 0 Å². The quantitative estimate of drug-likeness (QED) is 0.918. The first-order valence-electron chi connectivity index (χ1n) is 6.84. The van der Waals surface area contributed by atoms with Crippen LogP contribution in [-0.2, 0) is 14.4 Å². The van der Waals surface area contributed by atoms with Crippen LogP contribution in [0.1, 0.15) is 20.3 Å². The van der Waals surface area contributed by atoms with Gasteiger partial charge in [0.25, 0.3) is 0 Å². The molecule has 1 aliphatic rings. The van der Waals surface area contributed by atoms with Crippen molar-refractivity contribution in [2.24, 2.45) is 0 Å². The molecule has 2 amide bonds. The molecule has 1 unspecified atom stereocenters. The van der Waals surface area contributed by atoms with Crippen molar-refractivity contribution in [3.8, 4) is 5.75 Å². The summed E-state index contributed by atoms with van der Waals surface area (Å²) in [6.45, 7) is 3.34. The second kappa shape index (κ2) is 6.83. The van der Waals surface area contributed by atoms with E-state index in [2.05, 4.69) is 5.32 Å². The Bertz CT molecular complexity index is 618. The number of amides is 2. The zero-order valence-electron chi connectivity index (χ0n) is 12.7. The van der Waals surface area contributed by atoms with Crippen molar-refractivity contribution in [2.75, 3.05) is 23.9 Å². The van der Waals surface area contributed by atoms with Crippen LogP contribution in [0.15, 0.2) is 18.2 Å². The van der Waals surface area contributed by atoms with Gasteiger partial charge in [-0.3, -0.25) is 14.4 Å². The van der Waals surface area contributed by atoms with Gasteiger partial charge >= 0.3 is 0 Å². The molecule has 1 N–H and O–H groups in total. The van der Waals surface area contributed by atoms with Crippen molar-refractivity contribution in [1.82, 2.24) is 0 Å². The van der Waals surface area contributed by atoms with Gasteiger partial charge < -0.3 is 15.0 Å². The maximum Gasteiger partial charge on any atom is 0.228 e. The van der Waals surface area contributed by atoms with E-state index in [-0.39, 0.29) is 22.2 Å². The number of nitrogens with one attached hydrogen (secondary N) is 1. The lowest BCUT2D eigenvalue weighted by atomic mass is 10.2. The lowest BCUT2D eigenvalue weighted by Gasteiger charge is -2.21. The average Bonchev–Trinajstić information content (AvgIpc) is 2.78. The first-order chi connectivity index (χ1) is 10.4. The van der Waals surface area contributed by atoms with Crippen molar-refractivity contribution in [1.29, 1.82) is 0 Å². The Labute approximate surface area is 133 Å². The fourth-order valence-electron chi connectivity index (χ4n) is 2.38. The normalized spacial score (nSPS) is 17.5. The summed E-state index contributed by atoms with van der Waals surface area (Å²) in [6, 6.07) is 5.13. The molecule has 0 aromatic heterocycles. The molecule has 0 radical (unpaired) electrons. The highest BCUT2D eigenvalue weighted by molar-refractivity contribution is 8.14. The topological polar surface area (TPSA) is 75.7 Å². The Morgan fingerprint density at radius 2 is 2.09 bits per heavy atom. The van der Waals surface area contributed by atoms with Gasteiger partial charge in [-0.2, -0.15) is 0 Å². The van der Waals surface area contributed by atoms with Crippen LogP contribution in [0.5, 0.6) is 5.75 Å². The highest BCUT2D eigenvalue weighted by atomic mass is 32.2. The molecule has 2 rings (SSSR count). The van der Waals surface area contributed by atoms with Crippen molar-refractivity contribution in [3.05, 3.63) is 18.2 Å². The second-order valence-corrected chi connectivity index (χ2v) is 6.48. The number of methoxy groups -OCH3 is 1. The van der Waals surface area contributed by atoms with Gasteiger partial charge in [0.2, 0.25) is 11.8 Å². The molecule has 0 aliphatic carbocycles. The predicted octanol–water partition coefficient (Wildman–Crippen LogP) is 2.04. The minimum Gasteiger partial charge on any atom is -0.497 e. The second-order valence-electron chi connectivity index (χ2n) is 5.00. The van der Waals surface area contributed by atoms with Gasteiger partial charge in [-0.05, 0) is 12.1 Å². The van der Waals surface area contributed by atoms with Crippen LogP contribution >= 0.6 is 11.8 Å². The van der Waals surface area contributed by atoms with Gasteiger partial charge in [0.15, 0.2) is 5.12 Å². The minimum atomic E-state index is -0.215. The Morgan fingerprint density at radius 1 is 1.36 bits per heavy atom. The molecule has 1 fully saturated rings. The monoisotopic (exact) mass is 322 g/mol. The summed E-state index contributed by atoms with van der Waals surface area (Å²) in [6.07, 6.45) is 0.307. The van der Waals surface area contributed by atoms with E-state index in [1.165, 1.54) is 32.7 Å². The largest absolute Gasteiger partial charge is 0.497 e. The summed E-state index contributed by atoms with van der Waals surface area (Å²) < 4.78 is 5.19. The lowest BCUT2D eigenvalue weighted by molar-refractivity contribution is -0.117. The van der Waals surface area contributed by atoms with Gasteiger partial charge in [-0.15, -0.1) is 0 Å². The summed E-state index contributed by atoms with van der Waals surface area (Å²) in [5.74, 6) is 0.311. The van der Waals surface area contributed by atoms with E-state index in [0.29, 0.717) is 30.1 Å². The van der Waals surface area contributed by atoms with Gasteiger partial charge in [0.1, 0.15) is 5.75 Å². The number of thioether (sulfide) groups is 1. The number of anilines is 2. The number of hydrogen-bond donors (Lipinski definition) is 1. The van der Waals surface area contributed by atoms with E-state index in [9.17, 15) is 14.4 Å². The first kappa shape index (κ1) is 16.4. The number of nitrogens with zero attached hydrogens (tertiary/aromatic N) is 1. The molecule has 1 aliphatic heterocycles. The molecule has 1 aromatic carbocycles. The Balaban J connectivity index is 2.31. The van der Waals surface area contributed by atoms with Crippen molar-refractivity contribution in [3.63, 3.8) is 0 Å². The summed E-state index contributed by atoms with van der Waals surface area (Å²) in [5, 5.41) is 2.64. The van der Waals surface area contributed by atoms with E-state index in [1.807, 2.05) is 0 Å². The van der Waals surface area contributed by atoms with Gasteiger partial charge in [-0.1, -0.05) is 11.8 Å². The first-order valence-corrected chi connectivity index (χ1v) is 7.72.